The molecule has 0 amide bonds. The van der Waals surface area contributed by atoms with Crippen LogP contribution in [0, 0.1) is 0 Å². The van der Waals surface area contributed by atoms with Crippen molar-refractivity contribution >= 4 is 11.8 Å². The average Bonchev–Trinajstić information content (AvgIpc) is 2.77. The monoisotopic (exact) mass is 211 g/mol. The van der Waals surface area contributed by atoms with E-state index in [0.29, 0.717) is 6.04 Å². The zero-order chi connectivity index (χ0) is 9.80. The van der Waals surface area contributed by atoms with Crippen molar-refractivity contribution < 1.29 is 0 Å². The van der Waals surface area contributed by atoms with Crippen molar-refractivity contribution in [2.24, 2.45) is 0 Å². The molecule has 78 valence electrons. The van der Waals surface area contributed by atoms with Gasteiger partial charge in [-0.15, -0.1) is 0 Å². The predicted octanol–water partition coefficient (Wildman–Crippen LogP) is 1.44. The number of nitrogens with one attached hydrogen (secondary N) is 2. The number of nitrogens with zero attached hydrogens (tertiary/aromatic N) is 1. The molecular formula is C10H17N3S. The first kappa shape index (κ1) is 10.1. The minimum Gasteiger partial charge on any atom is -0.349 e. The van der Waals surface area contributed by atoms with Gasteiger partial charge in [0.05, 0.1) is 0 Å². The molecule has 3 nitrogen and oxygen atoms in total. The van der Waals surface area contributed by atoms with Gasteiger partial charge in [0.2, 0.25) is 0 Å². The zero-order valence-corrected chi connectivity index (χ0v) is 9.31. The lowest BCUT2D eigenvalue weighted by Gasteiger charge is -2.10. The first-order valence-corrected chi connectivity index (χ1v) is 6.22. The Morgan fingerprint density at radius 1 is 1.71 bits per heavy atom. The lowest BCUT2D eigenvalue weighted by molar-refractivity contribution is 0.538. The van der Waals surface area contributed by atoms with Gasteiger partial charge in [0.1, 0.15) is 5.82 Å². The van der Waals surface area contributed by atoms with E-state index < -0.39 is 0 Å². The van der Waals surface area contributed by atoms with E-state index in [1.807, 2.05) is 12.4 Å². The number of rotatable bonds is 4. The molecule has 2 unspecified atom stereocenters. The molecule has 0 saturated carbocycles. The number of thioether (sulfide) groups is 1. The molecule has 1 saturated heterocycles. The molecule has 2 N–H and O–H groups in total. The Bertz CT molecular complexity index is 260. The molecule has 1 aromatic heterocycles. The van der Waals surface area contributed by atoms with E-state index in [2.05, 4.69) is 34.0 Å². The highest BCUT2D eigenvalue weighted by molar-refractivity contribution is 8.00. The van der Waals surface area contributed by atoms with E-state index in [1.165, 1.54) is 12.2 Å². The fraction of sp³-hybridized carbons (Fsp3) is 0.700. The Balaban J connectivity index is 1.64. The van der Waals surface area contributed by atoms with Gasteiger partial charge in [0.25, 0.3) is 0 Å². The molecule has 1 aliphatic rings. The lowest BCUT2D eigenvalue weighted by Crippen LogP contribution is -2.31. The quantitative estimate of drug-likeness (QED) is 0.791. The minimum absolute atomic E-state index is 0.713. The van der Waals surface area contributed by atoms with Crippen LogP contribution in [0.15, 0.2) is 12.4 Å². The van der Waals surface area contributed by atoms with Crippen molar-refractivity contribution in [3.63, 3.8) is 0 Å². The van der Waals surface area contributed by atoms with Gasteiger partial charge in [-0.3, -0.25) is 0 Å². The SMILES string of the molecule is CC1CC(NCCc2ncc[nH]2)CS1. The third-order valence-electron chi connectivity index (χ3n) is 2.55. The number of aromatic amines is 1. The Hall–Kier alpha value is -0.480. The Labute approximate surface area is 89.1 Å². The standard InChI is InChI=1S/C10H17N3S/c1-8-6-9(7-14-8)11-3-2-10-12-4-5-13-10/h4-5,8-9,11H,2-3,6-7H2,1H3,(H,12,13). The summed E-state index contributed by atoms with van der Waals surface area (Å²) in [5, 5.41) is 4.40. The van der Waals surface area contributed by atoms with E-state index in [0.717, 1.165) is 24.0 Å². The highest BCUT2D eigenvalue weighted by Crippen LogP contribution is 2.25. The van der Waals surface area contributed by atoms with Crippen LogP contribution in [0.3, 0.4) is 0 Å². The minimum atomic E-state index is 0.713. The number of hydrogen-bond acceptors (Lipinski definition) is 3. The summed E-state index contributed by atoms with van der Waals surface area (Å²) in [6.45, 7) is 3.34. The van der Waals surface area contributed by atoms with E-state index >= 15 is 0 Å². The summed E-state index contributed by atoms with van der Waals surface area (Å²) < 4.78 is 0. The summed E-state index contributed by atoms with van der Waals surface area (Å²) >= 11 is 2.07. The predicted molar refractivity (Wildman–Crippen MR) is 60.6 cm³/mol. The molecule has 14 heavy (non-hydrogen) atoms. The van der Waals surface area contributed by atoms with Crippen LogP contribution in [0.25, 0.3) is 0 Å². The number of H-pyrrole nitrogens is 1. The number of imidazole rings is 1. The third-order valence-corrected chi connectivity index (χ3v) is 3.90. The first-order chi connectivity index (χ1) is 6.84. The second kappa shape index (κ2) is 4.84. The van der Waals surface area contributed by atoms with Crippen LogP contribution >= 0.6 is 11.8 Å². The van der Waals surface area contributed by atoms with Crippen molar-refractivity contribution in [2.75, 3.05) is 12.3 Å². The van der Waals surface area contributed by atoms with Gasteiger partial charge >= 0.3 is 0 Å². The van der Waals surface area contributed by atoms with Gasteiger partial charge in [-0.25, -0.2) is 4.98 Å². The maximum atomic E-state index is 4.19. The molecule has 2 atom stereocenters. The van der Waals surface area contributed by atoms with Gasteiger partial charge < -0.3 is 10.3 Å². The highest BCUT2D eigenvalue weighted by Gasteiger charge is 2.20. The highest BCUT2D eigenvalue weighted by atomic mass is 32.2. The summed E-state index contributed by atoms with van der Waals surface area (Å²) in [7, 11) is 0. The molecule has 0 radical (unpaired) electrons. The van der Waals surface area contributed by atoms with Crippen LogP contribution in [0.1, 0.15) is 19.2 Å². The van der Waals surface area contributed by atoms with E-state index in [4.69, 9.17) is 0 Å². The van der Waals surface area contributed by atoms with Crippen molar-refractivity contribution in [3.05, 3.63) is 18.2 Å². The smallest absolute Gasteiger partial charge is 0.107 e. The second-order valence-corrected chi connectivity index (χ2v) is 5.29. The number of hydrogen-bond donors (Lipinski definition) is 2. The van der Waals surface area contributed by atoms with Crippen molar-refractivity contribution in [1.29, 1.82) is 0 Å². The van der Waals surface area contributed by atoms with E-state index in [-0.39, 0.29) is 0 Å². The Kier molecular flexibility index (Phi) is 3.48. The molecular weight excluding hydrogens is 194 g/mol. The largest absolute Gasteiger partial charge is 0.349 e. The topological polar surface area (TPSA) is 40.7 Å². The Morgan fingerprint density at radius 2 is 2.64 bits per heavy atom. The van der Waals surface area contributed by atoms with Gasteiger partial charge in [-0.1, -0.05) is 6.92 Å². The summed E-state index contributed by atoms with van der Waals surface area (Å²) in [4.78, 5) is 7.31. The molecule has 1 aliphatic heterocycles. The van der Waals surface area contributed by atoms with Crippen LogP contribution < -0.4 is 5.32 Å². The van der Waals surface area contributed by atoms with Crippen LogP contribution in [0.2, 0.25) is 0 Å². The summed E-state index contributed by atoms with van der Waals surface area (Å²) in [5.41, 5.74) is 0. The van der Waals surface area contributed by atoms with Gasteiger partial charge in [0, 0.05) is 42.4 Å². The maximum absolute atomic E-state index is 4.19. The van der Waals surface area contributed by atoms with Gasteiger partial charge in [0.15, 0.2) is 0 Å². The van der Waals surface area contributed by atoms with Crippen LogP contribution in [0.5, 0.6) is 0 Å². The maximum Gasteiger partial charge on any atom is 0.107 e. The molecule has 4 heteroatoms. The van der Waals surface area contributed by atoms with Crippen molar-refractivity contribution in [1.82, 2.24) is 15.3 Å². The summed E-state index contributed by atoms with van der Waals surface area (Å²) in [6.07, 6.45) is 6.00. The van der Waals surface area contributed by atoms with Gasteiger partial charge in [-0.05, 0) is 6.42 Å². The van der Waals surface area contributed by atoms with Crippen LogP contribution in [-0.4, -0.2) is 33.6 Å². The van der Waals surface area contributed by atoms with Gasteiger partial charge in [-0.2, -0.15) is 11.8 Å². The number of aromatic nitrogens is 2. The molecule has 2 rings (SSSR count). The Morgan fingerprint density at radius 3 is 3.29 bits per heavy atom. The average molecular weight is 211 g/mol. The second-order valence-electron chi connectivity index (χ2n) is 3.82. The molecule has 2 heterocycles. The lowest BCUT2D eigenvalue weighted by atomic mass is 10.2. The molecule has 0 bridgehead atoms. The summed E-state index contributed by atoms with van der Waals surface area (Å²) in [6, 6.07) is 0.713. The van der Waals surface area contributed by atoms with E-state index in [9.17, 15) is 0 Å². The van der Waals surface area contributed by atoms with Crippen molar-refractivity contribution in [3.8, 4) is 0 Å². The molecule has 0 spiro atoms. The fourth-order valence-corrected chi connectivity index (χ4v) is 2.97. The molecule has 0 aliphatic carbocycles. The van der Waals surface area contributed by atoms with E-state index in [1.54, 1.807) is 0 Å². The third kappa shape index (κ3) is 2.75. The molecule has 0 aromatic carbocycles. The first-order valence-electron chi connectivity index (χ1n) is 5.18. The fourth-order valence-electron chi connectivity index (χ4n) is 1.79. The summed E-state index contributed by atoms with van der Waals surface area (Å²) in [5.74, 6) is 2.34. The molecule has 1 fully saturated rings. The van der Waals surface area contributed by atoms with Crippen LogP contribution in [0.4, 0.5) is 0 Å². The molecule has 1 aromatic rings. The normalized spacial score (nSPS) is 26.9. The van der Waals surface area contributed by atoms with Crippen molar-refractivity contribution in [2.45, 2.75) is 31.1 Å². The van der Waals surface area contributed by atoms with Crippen LogP contribution in [-0.2, 0) is 6.42 Å². The zero-order valence-electron chi connectivity index (χ0n) is 8.49.